The number of nitrogens with one attached hydrogen (secondary N) is 1. The summed E-state index contributed by atoms with van der Waals surface area (Å²) in [7, 11) is 0. The molecule has 0 saturated carbocycles. The lowest BCUT2D eigenvalue weighted by atomic mass is 9.74. The van der Waals surface area contributed by atoms with E-state index >= 15 is 0 Å². The Hall–Kier alpha value is -1.55. The first kappa shape index (κ1) is 14.4. The summed E-state index contributed by atoms with van der Waals surface area (Å²) in [5.41, 5.74) is 9.39. The van der Waals surface area contributed by atoms with Gasteiger partial charge in [0.15, 0.2) is 0 Å². The van der Waals surface area contributed by atoms with Gasteiger partial charge in [-0.2, -0.15) is 0 Å². The molecule has 114 valence electrons. The smallest absolute Gasteiger partial charge is 0.245 e. The van der Waals surface area contributed by atoms with Crippen molar-refractivity contribution in [1.82, 2.24) is 0 Å². The second-order valence-electron chi connectivity index (χ2n) is 6.43. The van der Waals surface area contributed by atoms with Gasteiger partial charge in [0.05, 0.1) is 0 Å². The highest BCUT2D eigenvalue weighted by Gasteiger charge is 2.32. The molecule has 1 aromatic rings. The Balaban J connectivity index is 1.75. The van der Waals surface area contributed by atoms with E-state index in [1.165, 1.54) is 31.4 Å². The maximum Gasteiger partial charge on any atom is 0.245 e. The van der Waals surface area contributed by atoms with E-state index in [1.807, 2.05) is 6.07 Å². The predicted molar refractivity (Wildman–Crippen MR) is 86.5 cm³/mol. The van der Waals surface area contributed by atoms with Crippen molar-refractivity contribution in [3.8, 4) is 0 Å². The van der Waals surface area contributed by atoms with Gasteiger partial charge in [0, 0.05) is 30.0 Å². The van der Waals surface area contributed by atoms with Gasteiger partial charge in [0.25, 0.3) is 0 Å². The van der Waals surface area contributed by atoms with Crippen molar-refractivity contribution in [3.63, 3.8) is 0 Å². The van der Waals surface area contributed by atoms with Crippen molar-refractivity contribution in [2.24, 2.45) is 11.1 Å². The Morgan fingerprint density at radius 3 is 2.57 bits per heavy atom. The summed E-state index contributed by atoms with van der Waals surface area (Å²) in [6.07, 6.45) is 5.05. The van der Waals surface area contributed by atoms with E-state index in [1.54, 1.807) is 0 Å². The van der Waals surface area contributed by atoms with Crippen molar-refractivity contribution < 1.29 is 4.79 Å². The number of fused-ring (bicyclic) bond motifs is 1. The Labute approximate surface area is 126 Å². The minimum Gasteiger partial charge on any atom is -0.371 e. The lowest BCUT2D eigenvalue weighted by Gasteiger charge is -2.42. The molecule has 1 amide bonds. The number of hydrogen-bond donors (Lipinski definition) is 2. The van der Waals surface area contributed by atoms with Crippen LogP contribution in [0.4, 0.5) is 11.4 Å². The van der Waals surface area contributed by atoms with Gasteiger partial charge in [0.2, 0.25) is 5.91 Å². The van der Waals surface area contributed by atoms with Crippen LogP contribution in [0.15, 0.2) is 18.2 Å². The monoisotopic (exact) mass is 287 g/mol. The molecule has 0 aliphatic carbocycles. The Morgan fingerprint density at radius 1 is 1.29 bits per heavy atom. The SMILES string of the molecule is CCC1(CC)CCN(c2ccc3c(c2)NC(=O)C3N)CC1. The molecule has 3 N–H and O–H groups in total. The third-order valence-electron chi connectivity index (χ3n) is 5.60. The molecule has 1 saturated heterocycles. The van der Waals surface area contributed by atoms with Gasteiger partial charge in [-0.3, -0.25) is 4.79 Å². The van der Waals surface area contributed by atoms with E-state index in [2.05, 4.69) is 36.2 Å². The van der Waals surface area contributed by atoms with E-state index in [9.17, 15) is 4.79 Å². The van der Waals surface area contributed by atoms with E-state index in [0.29, 0.717) is 5.41 Å². The number of nitrogens with zero attached hydrogens (tertiary/aromatic N) is 1. The molecule has 2 aliphatic heterocycles. The second-order valence-corrected chi connectivity index (χ2v) is 6.43. The molecular formula is C17H25N3O. The van der Waals surface area contributed by atoms with Crippen LogP contribution in [0.25, 0.3) is 0 Å². The first-order chi connectivity index (χ1) is 10.1. The Kier molecular flexibility index (Phi) is 3.66. The highest BCUT2D eigenvalue weighted by atomic mass is 16.2. The van der Waals surface area contributed by atoms with Gasteiger partial charge in [-0.25, -0.2) is 0 Å². The number of anilines is 2. The molecule has 0 aromatic heterocycles. The molecule has 1 fully saturated rings. The van der Waals surface area contributed by atoms with Gasteiger partial charge in [-0.1, -0.05) is 32.8 Å². The minimum absolute atomic E-state index is 0.100. The molecule has 0 radical (unpaired) electrons. The van der Waals surface area contributed by atoms with Crippen LogP contribution in [0.3, 0.4) is 0 Å². The van der Waals surface area contributed by atoms with E-state index in [0.717, 1.165) is 24.3 Å². The number of carbonyl (C=O) groups is 1. The molecule has 2 aliphatic rings. The minimum atomic E-state index is -0.511. The first-order valence-corrected chi connectivity index (χ1v) is 8.04. The van der Waals surface area contributed by atoms with Crippen molar-refractivity contribution in [3.05, 3.63) is 23.8 Å². The number of benzene rings is 1. The maximum absolute atomic E-state index is 11.6. The van der Waals surface area contributed by atoms with Crippen molar-refractivity contribution in [2.75, 3.05) is 23.3 Å². The highest BCUT2D eigenvalue weighted by molar-refractivity contribution is 6.02. The zero-order chi connectivity index (χ0) is 15.0. The fraction of sp³-hybridized carbons (Fsp3) is 0.588. The third-order valence-corrected chi connectivity index (χ3v) is 5.60. The number of rotatable bonds is 3. The van der Waals surface area contributed by atoms with Crippen LogP contribution in [0.5, 0.6) is 0 Å². The number of amides is 1. The average Bonchev–Trinajstić information content (AvgIpc) is 2.81. The average molecular weight is 287 g/mol. The summed E-state index contributed by atoms with van der Waals surface area (Å²) >= 11 is 0. The van der Waals surface area contributed by atoms with Crippen LogP contribution in [0, 0.1) is 5.41 Å². The van der Waals surface area contributed by atoms with Gasteiger partial charge in [0.1, 0.15) is 6.04 Å². The summed E-state index contributed by atoms with van der Waals surface area (Å²) in [6, 6.07) is 5.66. The molecule has 21 heavy (non-hydrogen) atoms. The first-order valence-electron chi connectivity index (χ1n) is 8.04. The molecule has 0 spiro atoms. The van der Waals surface area contributed by atoms with Crippen molar-refractivity contribution >= 4 is 17.3 Å². The van der Waals surface area contributed by atoms with Crippen molar-refractivity contribution in [2.45, 2.75) is 45.6 Å². The standard InChI is InChI=1S/C17H25N3O/c1-3-17(4-2)7-9-20(10-8-17)12-5-6-13-14(11-12)19-16(21)15(13)18/h5-6,11,15H,3-4,7-10,18H2,1-2H3,(H,19,21). The zero-order valence-electron chi connectivity index (χ0n) is 13.0. The topological polar surface area (TPSA) is 58.4 Å². The van der Waals surface area contributed by atoms with Crippen LogP contribution >= 0.6 is 0 Å². The van der Waals surface area contributed by atoms with E-state index in [-0.39, 0.29) is 5.91 Å². The van der Waals surface area contributed by atoms with Crippen LogP contribution in [0.1, 0.15) is 51.1 Å². The van der Waals surface area contributed by atoms with Gasteiger partial charge >= 0.3 is 0 Å². The van der Waals surface area contributed by atoms with Crippen LogP contribution in [-0.2, 0) is 4.79 Å². The summed E-state index contributed by atoms with van der Waals surface area (Å²) in [6.45, 7) is 6.82. The zero-order valence-corrected chi connectivity index (χ0v) is 13.0. The van der Waals surface area contributed by atoms with Crippen LogP contribution < -0.4 is 16.0 Å². The molecular weight excluding hydrogens is 262 g/mol. The highest BCUT2D eigenvalue weighted by Crippen LogP contribution is 2.40. The fourth-order valence-corrected chi connectivity index (χ4v) is 3.67. The fourth-order valence-electron chi connectivity index (χ4n) is 3.67. The molecule has 4 nitrogen and oxygen atoms in total. The largest absolute Gasteiger partial charge is 0.371 e. The quantitative estimate of drug-likeness (QED) is 0.898. The number of piperidine rings is 1. The van der Waals surface area contributed by atoms with E-state index in [4.69, 9.17) is 5.73 Å². The molecule has 3 rings (SSSR count). The molecule has 1 atom stereocenters. The second kappa shape index (κ2) is 5.34. The summed E-state index contributed by atoms with van der Waals surface area (Å²) in [4.78, 5) is 14.1. The normalized spacial score (nSPS) is 23.9. The lowest BCUT2D eigenvalue weighted by Crippen LogP contribution is -2.39. The number of carbonyl (C=O) groups excluding carboxylic acids is 1. The van der Waals surface area contributed by atoms with Gasteiger partial charge in [-0.15, -0.1) is 0 Å². The third kappa shape index (κ3) is 2.42. The molecule has 1 unspecified atom stereocenters. The lowest BCUT2D eigenvalue weighted by molar-refractivity contribution is -0.116. The number of nitrogens with two attached hydrogens (primary N) is 1. The Bertz CT molecular complexity index is 541. The van der Waals surface area contributed by atoms with Crippen LogP contribution in [-0.4, -0.2) is 19.0 Å². The summed E-state index contributed by atoms with van der Waals surface area (Å²) < 4.78 is 0. The van der Waals surface area contributed by atoms with E-state index < -0.39 is 6.04 Å². The maximum atomic E-state index is 11.6. The molecule has 4 heteroatoms. The van der Waals surface area contributed by atoms with Gasteiger partial charge in [-0.05, 0) is 30.4 Å². The van der Waals surface area contributed by atoms with Gasteiger partial charge < -0.3 is 16.0 Å². The molecule has 2 heterocycles. The number of hydrogen-bond acceptors (Lipinski definition) is 3. The predicted octanol–water partition coefficient (Wildman–Crippen LogP) is 3.05. The molecule has 0 bridgehead atoms. The van der Waals surface area contributed by atoms with Crippen LogP contribution in [0.2, 0.25) is 0 Å². The molecule has 1 aromatic carbocycles. The summed E-state index contributed by atoms with van der Waals surface area (Å²) in [5.74, 6) is -0.100. The van der Waals surface area contributed by atoms with Crippen molar-refractivity contribution in [1.29, 1.82) is 0 Å². The summed E-state index contributed by atoms with van der Waals surface area (Å²) in [5, 5.41) is 2.87. The Morgan fingerprint density at radius 2 is 1.95 bits per heavy atom.